The zero-order valence-electron chi connectivity index (χ0n) is 7.52. The molecule has 0 aliphatic heterocycles. The van der Waals surface area contributed by atoms with Crippen LogP contribution >= 0.6 is 47.8 Å². The maximum Gasteiger partial charge on any atom is 0.144 e. The van der Waals surface area contributed by atoms with Crippen molar-refractivity contribution in [3.63, 3.8) is 0 Å². The normalized spacial score (nSPS) is 12.9. The molecule has 2 nitrogen and oxygen atoms in total. The molecule has 14 heavy (non-hydrogen) atoms. The maximum absolute atomic E-state index is 9.69. The molecule has 0 aliphatic rings. The van der Waals surface area contributed by atoms with E-state index in [-0.39, 0.29) is 11.8 Å². The van der Waals surface area contributed by atoms with Gasteiger partial charge in [-0.1, -0.05) is 22.9 Å². The van der Waals surface area contributed by atoms with Gasteiger partial charge in [0.15, 0.2) is 0 Å². The minimum atomic E-state index is -0.0854. The van der Waals surface area contributed by atoms with Gasteiger partial charge in [0.2, 0.25) is 0 Å². The minimum absolute atomic E-state index is 0.0854. The molecule has 1 atom stereocenters. The van der Waals surface area contributed by atoms with Gasteiger partial charge in [0, 0.05) is 16.1 Å². The van der Waals surface area contributed by atoms with Gasteiger partial charge in [-0.3, -0.25) is 0 Å². The number of rotatable bonds is 2. The molecule has 5 heteroatoms. The first-order chi connectivity index (χ1) is 6.49. The lowest BCUT2D eigenvalue weighted by Gasteiger charge is -2.15. The van der Waals surface area contributed by atoms with Crippen LogP contribution in [-0.2, 0) is 0 Å². The van der Waals surface area contributed by atoms with Crippen molar-refractivity contribution in [2.75, 3.05) is 0 Å². The Morgan fingerprint density at radius 3 is 2.43 bits per heavy atom. The van der Waals surface area contributed by atoms with Gasteiger partial charge >= 0.3 is 0 Å². The van der Waals surface area contributed by atoms with Crippen molar-refractivity contribution in [2.45, 2.75) is 19.4 Å². The monoisotopic (exact) mass is 385 g/mol. The van der Waals surface area contributed by atoms with Gasteiger partial charge in [-0.25, -0.2) is 0 Å². The minimum Gasteiger partial charge on any atom is -0.506 e. The summed E-state index contributed by atoms with van der Waals surface area (Å²) in [7, 11) is 0. The predicted molar refractivity (Wildman–Crippen MR) is 68.4 cm³/mol. The lowest BCUT2D eigenvalue weighted by Crippen LogP contribution is -2.10. The second kappa shape index (κ2) is 4.96. The highest BCUT2D eigenvalue weighted by molar-refractivity contribution is 9.11. The number of hydrogen-bond donors (Lipinski definition) is 2. The summed E-state index contributed by atoms with van der Waals surface area (Å²) in [6, 6.07) is 1.71. The van der Waals surface area contributed by atoms with E-state index in [0.29, 0.717) is 8.95 Å². The van der Waals surface area contributed by atoms with E-state index in [1.54, 1.807) is 6.07 Å². The quantitative estimate of drug-likeness (QED) is 0.802. The van der Waals surface area contributed by atoms with E-state index in [4.69, 9.17) is 5.73 Å². The van der Waals surface area contributed by atoms with Crippen LogP contribution in [0.2, 0.25) is 0 Å². The Hall–Kier alpha value is 0.420. The Morgan fingerprint density at radius 2 is 1.93 bits per heavy atom. The number of phenolic OH excluding ortho intramolecular Hbond substituents is 1. The zero-order chi connectivity index (χ0) is 10.9. The van der Waals surface area contributed by atoms with Gasteiger partial charge < -0.3 is 10.8 Å². The smallest absolute Gasteiger partial charge is 0.144 e. The van der Waals surface area contributed by atoms with Gasteiger partial charge in [-0.2, -0.15) is 0 Å². The van der Waals surface area contributed by atoms with E-state index in [1.165, 1.54) is 0 Å². The molecule has 1 rings (SSSR count). The van der Waals surface area contributed by atoms with Crippen molar-refractivity contribution in [1.29, 1.82) is 0 Å². The van der Waals surface area contributed by atoms with Crippen molar-refractivity contribution in [3.8, 4) is 5.75 Å². The van der Waals surface area contributed by atoms with Crippen LogP contribution in [0.15, 0.2) is 19.5 Å². The van der Waals surface area contributed by atoms with E-state index in [0.717, 1.165) is 16.5 Å². The highest BCUT2D eigenvalue weighted by atomic mass is 79.9. The van der Waals surface area contributed by atoms with Crippen LogP contribution in [0.4, 0.5) is 0 Å². The molecule has 0 saturated carbocycles. The summed E-state index contributed by atoms with van der Waals surface area (Å²) in [6.07, 6.45) is 0.818. The maximum atomic E-state index is 9.69. The third-order valence-corrected chi connectivity index (χ3v) is 4.06. The molecule has 1 aromatic rings. The summed E-state index contributed by atoms with van der Waals surface area (Å²) >= 11 is 10.0. The molecule has 3 N–H and O–H groups in total. The number of aromatic hydroxyl groups is 1. The zero-order valence-corrected chi connectivity index (χ0v) is 12.3. The molecule has 0 fully saturated rings. The topological polar surface area (TPSA) is 46.2 Å². The van der Waals surface area contributed by atoms with Crippen LogP contribution in [-0.4, -0.2) is 5.11 Å². The van der Waals surface area contributed by atoms with E-state index in [1.807, 2.05) is 6.92 Å². The fraction of sp³-hybridized carbons (Fsp3) is 0.333. The van der Waals surface area contributed by atoms with Gasteiger partial charge in [-0.15, -0.1) is 0 Å². The molecular weight excluding hydrogens is 378 g/mol. The van der Waals surface area contributed by atoms with Crippen LogP contribution < -0.4 is 5.73 Å². The molecule has 0 amide bonds. The summed E-state index contributed by atoms with van der Waals surface area (Å²) in [5, 5.41) is 9.69. The highest BCUT2D eigenvalue weighted by Gasteiger charge is 2.17. The average Bonchev–Trinajstić information content (AvgIpc) is 2.14. The van der Waals surface area contributed by atoms with Crippen LogP contribution in [0.25, 0.3) is 0 Å². The predicted octanol–water partition coefficient (Wildman–Crippen LogP) is 4.09. The summed E-state index contributed by atoms with van der Waals surface area (Å²) in [4.78, 5) is 0. The number of phenols is 1. The van der Waals surface area contributed by atoms with Crippen molar-refractivity contribution < 1.29 is 5.11 Å². The fourth-order valence-corrected chi connectivity index (χ4v) is 3.85. The van der Waals surface area contributed by atoms with Gasteiger partial charge in [0.1, 0.15) is 5.75 Å². The van der Waals surface area contributed by atoms with Crippen molar-refractivity contribution >= 4 is 47.8 Å². The molecule has 0 spiro atoms. The molecule has 0 aromatic heterocycles. The molecule has 1 aromatic carbocycles. The second-order valence-electron chi connectivity index (χ2n) is 2.93. The van der Waals surface area contributed by atoms with E-state index in [9.17, 15) is 5.11 Å². The molecule has 0 saturated heterocycles. The van der Waals surface area contributed by atoms with E-state index < -0.39 is 0 Å². The SMILES string of the molecule is CC[C@H](N)c1c(Br)cc(Br)c(O)c1Br. The Kier molecular flexibility index (Phi) is 4.43. The highest BCUT2D eigenvalue weighted by Crippen LogP contribution is 2.42. The molecule has 0 aliphatic carbocycles. The molecule has 0 heterocycles. The van der Waals surface area contributed by atoms with Crippen molar-refractivity contribution in [3.05, 3.63) is 25.0 Å². The second-order valence-corrected chi connectivity index (χ2v) is 5.43. The van der Waals surface area contributed by atoms with Gasteiger partial charge in [-0.05, 0) is 44.3 Å². The first-order valence-electron chi connectivity index (χ1n) is 4.11. The van der Waals surface area contributed by atoms with E-state index >= 15 is 0 Å². The Bertz CT molecular complexity index is 354. The fourth-order valence-electron chi connectivity index (χ4n) is 1.14. The van der Waals surface area contributed by atoms with Crippen LogP contribution in [0.5, 0.6) is 5.75 Å². The number of nitrogens with two attached hydrogens (primary N) is 1. The van der Waals surface area contributed by atoms with Crippen molar-refractivity contribution in [1.82, 2.24) is 0 Å². The molecule has 0 unspecified atom stereocenters. The Labute approximate surface area is 108 Å². The number of benzene rings is 1. The van der Waals surface area contributed by atoms with Crippen molar-refractivity contribution in [2.24, 2.45) is 5.73 Å². The molecule has 0 radical (unpaired) electrons. The first-order valence-corrected chi connectivity index (χ1v) is 6.48. The van der Waals surface area contributed by atoms with Crippen LogP contribution in [0.1, 0.15) is 24.9 Å². The number of halogens is 3. The molecular formula is C9H10Br3NO. The lowest BCUT2D eigenvalue weighted by molar-refractivity contribution is 0.466. The van der Waals surface area contributed by atoms with Crippen LogP contribution in [0, 0.1) is 0 Å². The lowest BCUT2D eigenvalue weighted by atomic mass is 10.1. The summed E-state index contributed by atoms with van der Waals surface area (Å²) < 4.78 is 2.18. The molecule has 78 valence electrons. The summed E-state index contributed by atoms with van der Waals surface area (Å²) in [6.45, 7) is 2.00. The first kappa shape index (κ1) is 12.5. The largest absolute Gasteiger partial charge is 0.506 e. The standard InChI is InChI=1S/C9H10Br3NO/c1-2-6(13)7-4(10)3-5(11)9(14)8(7)12/h3,6,14H,2,13H2,1H3/t6-/m0/s1. The summed E-state index contributed by atoms with van der Waals surface area (Å²) in [5.41, 5.74) is 6.82. The van der Waals surface area contributed by atoms with Gasteiger partial charge in [0.05, 0.1) is 8.95 Å². The van der Waals surface area contributed by atoms with Crippen LogP contribution in [0.3, 0.4) is 0 Å². The van der Waals surface area contributed by atoms with Gasteiger partial charge in [0.25, 0.3) is 0 Å². The average molecular weight is 388 g/mol. The third-order valence-electron chi connectivity index (χ3n) is 1.99. The Balaban J connectivity index is 3.36. The third kappa shape index (κ3) is 2.32. The molecule has 0 bridgehead atoms. The Morgan fingerprint density at radius 1 is 1.36 bits per heavy atom. The number of hydrogen-bond acceptors (Lipinski definition) is 2. The van der Waals surface area contributed by atoms with E-state index in [2.05, 4.69) is 47.8 Å². The summed E-state index contributed by atoms with van der Waals surface area (Å²) in [5.74, 6) is 0.187.